The van der Waals surface area contributed by atoms with Crippen molar-refractivity contribution in [1.29, 1.82) is 0 Å². The van der Waals surface area contributed by atoms with Crippen LogP contribution >= 0.6 is 0 Å². The zero-order valence-electron chi connectivity index (χ0n) is 9.00. The zero-order chi connectivity index (χ0) is 10.3. The number of carbonyl (C=O) groups is 1. The first kappa shape index (κ1) is 12.4. The van der Waals surface area contributed by atoms with E-state index in [1.54, 1.807) is 6.92 Å². The summed E-state index contributed by atoms with van der Waals surface area (Å²) in [5.41, 5.74) is 0. The van der Waals surface area contributed by atoms with Crippen LogP contribution in [0.15, 0.2) is 0 Å². The van der Waals surface area contributed by atoms with Crippen molar-refractivity contribution in [3.05, 3.63) is 0 Å². The van der Waals surface area contributed by atoms with Crippen LogP contribution in [0.2, 0.25) is 0 Å². The van der Waals surface area contributed by atoms with E-state index in [1.165, 1.54) is 0 Å². The van der Waals surface area contributed by atoms with Crippen LogP contribution in [0, 0.1) is 5.92 Å². The predicted molar refractivity (Wildman–Crippen MR) is 51.5 cm³/mol. The minimum atomic E-state index is -0.394. The maximum atomic E-state index is 11.4. The smallest absolute Gasteiger partial charge is 0.335 e. The van der Waals surface area contributed by atoms with Crippen LogP contribution in [0.3, 0.4) is 0 Å². The molecule has 0 saturated heterocycles. The number of carbonyl (C=O) groups excluding carboxylic acids is 1. The summed E-state index contributed by atoms with van der Waals surface area (Å²) in [6.07, 6.45) is 0.527. The van der Waals surface area contributed by atoms with E-state index in [0.717, 1.165) is 6.42 Å². The fourth-order valence-electron chi connectivity index (χ4n) is 1.08. The highest BCUT2D eigenvalue weighted by molar-refractivity contribution is 5.75. The molecule has 0 radical (unpaired) electrons. The first-order valence-corrected chi connectivity index (χ1v) is 4.95. The Kier molecular flexibility index (Phi) is 6.59. The van der Waals surface area contributed by atoms with Crippen LogP contribution in [-0.2, 0) is 14.3 Å². The zero-order valence-corrected chi connectivity index (χ0v) is 9.00. The lowest BCUT2D eigenvalue weighted by Crippen LogP contribution is -2.32. The summed E-state index contributed by atoms with van der Waals surface area (Å²) < 4.78 is 10.3. The summed E-state index contributed by atoms with van der Waals surface area (Å²) in [4.78, 5) is 11.4. The Bertz CT molecular complexity index is 145. The largest absolute Gasteiger partial charge is 0.464 e. The van der Waals surface area contributed by atoms with E-state index in [2.05, 4.69) is 0 Å². The maximum absolute atomic E-state index is 11.4. The van der Waals surface area contributed by atoms with Crippen LogP contribution in [0.5, 0.6) is 0 Å². The second-order valence-electron chi connectivity index (χ2n) is 3.01. The lowest BCUT2D eigenvalue weighted by molar-refractivity contribution is -0.160. The minimum absolute atomic E-state index is 0.221. The first-order chi connectivity index (χ1) is 6.17. The molecule has 2 unspecified atom stereocenters. The molecule has 0 aromatic carbocycles. The lowest BCUT2D eigenvalue weighted by Gasteiger charge is -2.20. The molecule has 78 valence electrons. The van der Waals surface area contributed by atoms with Crippen LogP contribution in [0.1, 0.15) is 34.1 Å². The van der Waals surface area contributed by atoms with Gasteiger partial charge in [-0.1, -0.05) is 20.3 Å². The number of hydrogen-bond acceptors (Lipinski definition) is 3. The van der Waals surface area contributed by atoms with Crippen molar-refractivity contribution in [3.8, 4) is 0 Å². The summed E-state index contributed by atoms with van der Waals surface area (Å²) in [5, 5.41) is 0. The molecule has 0 rings (SSSR count). The van der Waals surface area contributed by atoms with Gasteiger partial charge in [0.1, 0.15) is 0 Å². The topological polar surface area (TPSA) is 35.5 Å². The van der Waals surface area contributed by atoms with Gasteiger partial charge < -0.3 is 9.47 Å². The third-order valence-electron chi connectivity index (χ3n) is 2.03. The second-order valence-corrected chi connectivity index (χ2v) is 3.01. The van der Waals surface area contributed by atoms with Gasteiger partial charge >= 0.3 is 5.97 Å². The highest BCUT2D eigenvalue weighted by atomic mass is 16.6. The molecule has 0 bridgehead atoms. The van der Waals surface area contributed by atoms with Crippen molar-refractivity contribution in [1.82, 2.24) is 0 Å². The molecule has 0 heterocycles. The molecule has 0 aliphatic heterocycles. The quantitative estimate of drug-likeness (QED) is 0.598. The summed E-state index contributed by atoms with van der Waals surface area (Å²) in [6.45, 7) is 8.69. The van der Waals surface area contributed by atoms with Crippen molar-refractivity contribution < 1.29 is 14.3 Å². The van der Waals surface area contributed by atoms with E-state index < -0.39 is 6.10 Å². The molecule has 0 spiro atoms. The van der Waals surface area contributed by atoms with Crippen molar-refractivity contribution in [2.45, 2.75) is 40.2 Å². The van der Waals surface area contributed by atoms with E-state index >= 15 is 0 Å². The Balaban J connectivity index is 4.13. The van der Waals surface area contributed by atoms with Gasteiger partial charge in [0.05, 0.1) is 6.61 Å². The van der Waals surface area contributed by atoms with E-state index in [4.69, 9.17) is 9.47 Å². The Morgan fingerprint density at radius 1 is 1.23 bits per heavy atom. The Morgan fingerprint density at radius 2 is 1.85 bits per heavy atom. The molecule has 0 N–H and O–H groups in total. The molecule has 13 heavy (non-hydrogen) atoms. The van der Waals surface area contributed by atoms with Gasteiger partial charge in [-0.2, -0.15) is 0 Å². The molecule has 2 atom stereocenters. The van der Waals surface area contributed by atoms with Crippen LogP contribution in [0.25, 0.3) is 0 Å². The van der Waals surface area contributed by atoms with Crippen molar-refractivity contribution in [2.24, 2.45) is 5.92 Å². The number of rotatable bonds is 6. The van der Waals surface area contributed by atoms with E-state index in [0.29, 0.717) is 13.2 Å². The Hall–Kier alpha value is -0.570. The normalized spacial score (nSPS) is 15.1. The number of hydrogen-bond donors (Lipinski definition) is 0. The van der Waals surface area contributed by atoms with Gasteiger partial charge in [-0.3, -0.25) is 0 Å². The highest BCUT2D eigenvalue weighted by Crippen LogP contribution is 2.13. The maximum Gasteiger partial charge on any atom is 0.335 e. The van der Waals surface area contributed by atoms with E-state index in [1.807, 2.05) is 20.8 Å². The Morgan fingerprint density at radius 3 is 2.23 bits per heavy atom. The molecular formula is C10H20O3. The van der Waals surface area contributed by atoms with Crippen LogP contribution in [-0.4, -0.2) is 25.3 Å². The van der Waals surface area contributed by atoms with Crippen LogP contribution in [0.4, 0.5) is 0 Å². The highest BCUT2D eigenvalue weighted by Gasteiger charge is 2.25. The monoisotopic (exact) mass is 188 g/mol. The fourth-order valence-corrected chi connectivity index (χ4v) is 1.08. The summed E-state index contributed by atoms with van der Waals surface area (Å²) in [6, 6.07) is 0. The fraction of sp³-hybridized carbons (Fsp3) is 0.900. The Labute approximate surface area is 80.4 Å². The molecule has 0 aromatic rings. The van der Waals surface area contributed by atoms with Gasteiger partial charge in [0, 0.05) is 6.61 Å². The summed E-state index contributed by atoms with van der Waals surface area (Å²) in [5.74, 6) is -0.0160. The van der Waals surface area contributed by atoms with Gasteiger partial charge in [0.2, 0.25) is 0 Å². The average Bonchev–Trinajstić information content (AvgIpc) is 2.13. The van der Waals surface area contributed by atoms with Crippen molar-refractivity contribution in [3.63, 3.8) is 0 Å². The molecule has 0 saturated carbocycles. The van der Waals surface area contributed by atoms with Gasteiger partial charge in [-0.15, -0.1) is 0 Å². The standard InChI is InChI=1S/C10H20O3/c1-5-8(4)9(12-6-2)10(11)13-7-3/h8-9H,5-7H2,1-4H3. The van der Waals surface area contributed by atoms with Crippen LogP contribution < -0.4 is 0 Å². The molecular weight excluding hydrogens is 168 g/mol. The molecule has 0 fully saturated rings. The summed E-state index contributed by atoms with van der Waals surface area (Å²) in [7, 11) is 0. The second kappa shape index (κ2) is 6.89. The minimum Gasteiger partial charge on any atom is -0.464 e. The lowest BCUT2D eigenvalue weighted by atomic mass is 10.0. The molecule has 3 heteroatoms. The van der Waals surface area contributed by atoms with Gasteiger partial charge in [-0.25, -0.2) is 4.79 Å². The number of ether oxygens (including phenoxy) is 2. The third kappa shape index (κ3) is 4.27. The SMILES string of the molecule is CCOC(=O)C(OCC)C(C)CC. The van der Waals surface area contributed by atoms with Crippen molar-refractivity contribution >= 4 is 5.97 Å². The first-order valence-electron chi connectivity index (χ1n) is 4.95. The van der Waals surface area contributed by atoms with E-state index in [-0.39, 0.29) is 11.9 Å². The van der Waals surface area contributed by atoms with Gasteiger partial charge in [0.25, 0.3) is 0 Å². The molecule has 0 aliphatic carbocycles. The van der Waals surface area contributed by atoms with Crippen molar-refractivity contribution in [2.75, 3.05) is 13.2 Å². The van der Waals surface area contributed by atoms with E-state index in [9.17, 15) is 4.79 Å². The molecule has 0 aliphatic rings. The predicted octanol–water partition coefficient (Wildman–Crippen LogP) is 2.00. The molecule has 0 aromatic heterocycles. The van der Waals surface area contributed by atoms with Gasteiger partial charge in [-0.05, 0) is 19.8 Å². The summed E-state index contributed by atoms with van der Waals surface area (Å²) >= 11 is 0. The van der Waals surface area contributed by atoms with Gasteiger partial charge in [0.15, 0.2) is 6.10 Å². The molecule has 0 amide bonds. The average molecular weight is 188 g/mol. The molecule has 3 nitrogen and oxygen atoms in total. The third-order valence-corrected chi connectivity index (χ3v) is 2.03. The number of esters is 1.